The van der Waals surface area contributed by atoms with Gasteiger partial charge in [-0.15, -0.1) is 0 Å². The zero-order valence-electron chi connectivity index (χ0n) is 13.7. The molecule has 0 aromatic rings. The zero-order valence-corrected chi connectivity index (χ0v) is 14.5. The molecule has 0 heterocycles. The van der Waals surface area contributed by atoms with E-state index in [0.29, 0.717) is 0 Å². The average molecular weight is 324 g/mol. The topological polar surface area (TPSA) is 52.6 Å². The molecule has 0 amide bonds. The Bertz CT molecular complexity index is 525. The van der Waals surface area contributed by atoms with Crippen molar-refractivity contribution in [1.82, 2.24) is 0 Å². The summed E-state index contributed by atoms with van der Waals surface area (Å²) in [5.74, 6) is 7.39. The Labute approximate surface area is 135 Å². The fourth-order valence-corrected chi connectivity index (χ4v) is 3.51. The first-order chi connectivity index (χ1) is 10.3. The molecular formula is C17H24O4S. The van der Waals surface area contributed by atoms with Crippen LogP contribution in [0.5, 0.6) is 0 Å². The van der Waals surface area contributed by atoms with E-state index >= 15 is 0 Å². The van der Waals surface area contributed by atoms with Gasteiger partial charge in [0.15, 0.2) is 0 Å². The Morgan fingerprint density at radius 3 is 2.59 bits per heavy atom. The molecule has 1 unspecified atom stereocenters. The lowest BCUT2D eigenvalue weighted by atomic mass is 9.97. The van der Waals surface area contributed by atoms with Crippen LogP contribution in [0.2, 0.25) is 0 Å². The minimum absolute atomic E-state index is 0.0801. The second kappa shape index (κ2) is 8.98. The molecule has 0 radical (unpaired) electrons. The summed E-state index contributed by atoms with van der Waals surface area (Å²) in [6.45, 7) is 6.12. The van der Waals surface area contributed by atoms with Crippen molar-refractivity contribution in [3.05, 3.63) is 0 Å². The first-order valence-electron chi connectivity index (χ1n) is 7.45. The second-order valence-corrected chi connectivity index (χ2v) is 7.64. The van der Waals surface area contributed by atoms with Gasteiger partial charge in [0.25, 0.3) is 0 Å². The monoisotopic (exact) mass is 324 g/mol. The maximum absolute atomic E-state index is 12.4. The van der Waals surface area contributed by atoms with E-state index in [2.05, 4.69) is 27.8 Å². The highest BCUT2D eigenvalue weighted by Gasteiger charge is 2.30. The zero-order chi connectivity index (χ0) is 16.6. The van der Waals surface area contributed by atoms with E-state index in [9.17, 15) is 9.00 Å². The Hall–Kier alpha value is -1.30. The van der Waals surface area contributed by atoms with Crippen LogP contribution in [0.1, 0.15) is 46.5 Å². The third-order valence-electron chi connectivity index (χ3n) is 3.19. The van der Waals surface area contributed by atoms with Gasteiger partial charge in [-0.3, -0.25) is 0 Å². The highest BCUT2D eigenvalue weighted by Crippen LogP contribution is 2.25. The molecule has 0 bridgehead atoms. The van der Waals surface area contributed by atoms with Crippen LogP contribution in [0.25, 0.3) is 0 Å². The van der Waals surface area contributed by atoms with Crippen LogP contribution < -0.4 is 0 Å². The van der Waals surface area contributed by atoms with Crippen molar-refractivity contribution >= 4 is 16.8 Å². The van der Waals surface area contributed by atoms with Crippen molar-refractivity contribution in [2.45, 2.75) is 57.8 Å². The Morgan fingerprint density at radius 2 is 1.95 bits per heavy atom. The van der Waals surface area contributed by atoms with E-state index < -0.39 is 16.8 Å². The van der Waals surface area contributed by atoms with Gasteiger partial charge in [0, 0.05) is 11.3 Å². The maximum atomic E-state index is 12.4. The van der Waals surface area contributed by atoms with E-state index in [0.717, 1.165) is 25.7 Å². The van der Waals surface area contributed by atoms with Gasteiger partial charge in [0.2, 0.25) is 0 Å². The average Bonchev–Trinajstić information content (AvgIpc) is 2.48. The molecule has 1 fully saturated rings. The number of hydrogen-bond donors (Lipinski definition) is 0. The predicted molar refractivity (Wildman–Crippen MR) is 87.2 cm³/mol. The molecule has 1 rings (SSSR count). The molecule has 122 valence electrons. The SMILES string of the molecule is COC(=O)C#CCO[C@@H]1CCCC[C@H]1S(=O)C#CC(C)(C)C. The number of carbonyl (C=O) groups is 1. The molecule has 0 spiro atoms. The molecule has 5 heteroatoms. The molecule has 1 aliphatic rings. The number of methoxy groups -OCH3 is 1. The van der Waals surface area contributed by atoms with Crippen LogP contribution in [0.15, 0.2) is 0 Å². The van der Waals surface area contributed by atoms with Gasteiger partial charge in [0.05, 0.1) is 18.5 Å². The second-order valence-electron chi connectivity index (χ2n) is 6.24. The Morgan fingerprint density at radius 1 is 1.27 bits per heavy atom. The maximum Gasteiger partial charge on any atom is 0.384 e. The number of ether oxygens (including phenoxy) is 2. The van der Waals surface area contributed by atoms with Gasteiger partial charge >= 0.3 is 5.97 Å². The smallest absolute Gasteiger partial charge is 0.384 e. The third kappa shape index (κ3) is 7.11. The first kappa shape index (κ1) is 18.7. The van der Waals surface area contributed by atoms with Gasteiger partial charge in [-0.05, 0) is 38.9 Å². The predicted octanol–water partition coefficient (Wildman–Crippen LogP) is 2.25. The van der Waals surface area contributed by atoms with Crippen LogP contribution in [-0.4, -0.2) is 35.2 Å². The van der Waals surface area contributed by atoms with Crippen molar-refractivity contribution in [2.24, 2.45) is 5.41 Å². The first-order valence-corrected chi connectivity index (χ1v) is 8.66. The fraction of sp³-hybridized carbons (Fsp3) is 0.706. The molecule has 1 aliphatic carbocycles. The van der Waals surface area contributed by atoms with Gasteiger partial charge < -0.3 is 9.47 Å². The van der Waals surface area contributed by atoms with Crippen LogP contribution in [0.3, 0.4) is 0 Å². The van der Waals surface area contributed by atoms with Crippen LogP contribution in [0.4, 0.5) is 0 Å². The molecule has 0 saturated heterocycles. The summed E-state index contributed by atoms with van der Waals surface area (Å²) >= 11 is 0. The highest BCUT2D eigenvalue weighted by atomic mass is 32.2. The molecule has 22 heavy (non-hydrogen) atoms. The minimum atomic E-state index is -1.22. The number of rotatable bonds is 3. The van der Waals surface area contributed by atoms with E-state index in [1.54, 1.807) is 0 Å². The van der Waals surface area contributed by atoms with E-state index in [4.69, 9.17) is 4.74 Å². The lowest BCUT2D eigenvalue weighted by Gasteiger charge is -2.28. The molecule has 0 aromatic carbocycles. The number of carbonyl (C=O) groups excluding carboxylic acids is 1. The quantitative estimate of drug-likeness (QED) is 0.454. The van der Waals surface area contributed by atoms with Crippen molar-refractivity contribution in [3.8, 4) is 23.0 Å². The van der Waals surface area contributed by atoms with Gasteiger partial charge in [-0.1, -0.05) is 24.7 Å². The summed E-state index contributed by atoms with van der Waals surface area (Å²) in [7, 11) is 0.0591. The molecule has 4 nitrogen and oxygen atoms in total. The van der Waals surface area contributed by atoms with E-state index in [-0.39, 0.29) is 23.4 Å². The summed E-state index contributed by atoms with van der Waals surface area (Å²) in [6, 6.07) is 0. The van der Waals surface area contributed by atoms with Crippen LogP contribution >= 0.6 is 0 Å². The van der Waals surface area contributed by atoms with Gasteiger partial charge in [-0.2, -0.15) is 0 Å². The van der Waals surface area contributed by atoms with Crippen molar-refractivity contribution in [1.29, 1.82) is 0 Å². The summed E-state index contributed by atoms with van der Waals surface area (Å²) in [6.07, 6.45) is 3.68. The Balaban J connectivity index is 2.62. The molecule has 3 atom stereocenters. The van der Waals surface area contributed by atoms with E-state index in [1.165, 1.54) is 7.11 Å². The largest absolute Gasteiger partial charge is 0.459 e. The number of esters is 1. The lowest BCUT2D eigenvalue weighted by Crippen LogP contribution is -2.35. The van der Waals surface area contributed by atoms with E-state index in [1.807, 2.05) is 20.8 Å². The number of hydrogen-bond acceptors (Lipinski definition) is 4. The third-order valence-corrected chi connectivity index (χ3v) is 4.58. The van der Waals surface area contributed by atoms with Gasteiger partial charge in [-0.25, -0.2) is 9.00 Å². The summed E-state index contributed by atoms with van der Waals surface area (Å²) in [5, 5.41) is 2.79. The normalized spacial score (nSPS) is 22.5. The molecule has 0 N–H and O–H groups in total. The van der Waals surface area contributed by atoms with Crippen molar-refractivity contribution in [3.63, 3.8) is 0 Å². The van der Waals surface area contributed by atoms with Gasteiger partial charge in [0.1, 0.15) is 17.4 Å². The highest BCUT2D eigenvalue weighted by molar-refractivity contribution is 7.90. The summed E-state index contributed by atoms with van der Waals surface area (Å²) in [4.78, 5) is 10.9. The molecule has 1 saturated carbocycles. The lowest BCUT2D eigenvalue weighted by molar-refractivity contribution is -0.133. The minimum Gasteiger partial charge on any atom is -0.459 e. The van der Waals surface area contributed by atoms with Crippen LogP contribution in [-0.2, 0) is 25.1 Å². The standard InChI is InChI=1S/C17H24O4S/c1-17(2,3)11-13-22(19)15-9-6-5-8-14(15)21-12-7-10-16(18)20-4/h14-15H,5-6,8-9,12H2,1-4H3/t14-,15-,22?/m1/s1. The van der Waals surface area contributed by atoms with Crippen molar-refractivity contribution in [2.75, 3.05) is 13.7 Å². The van der Waals surface area contributed by atoms with Crippen molar-refractivity contribution < 1.29 is 18.5 Å². The van der Waals surface area contributed by atoms with Crippen LogP contribution in [0, 0.1) is 28.4 Å². The summed E-state index contributed by atoms with van der Waals surface area (Å²) in [5.41, 5.74) is -0.160. The molecule has 0 aliphatic heterocycles. The summed E-state index contributed by atoms with van der Waals surface area (Å²) < 4.78 is 22.5. The Kier molecular flexibility index (Phi) is 7.65. The molecule has 0 aromatic heterocycles. The molecular weight excluding hydrogens is 300 g/mol. The fourth-order valence-electron chi connectivity index (χ4n) is 2.09.